The second kappa shape index (κ2) is 6.07. The number of alkyl halides is 1. The van der Waals surface area contributed by atoms with Gasteiger partial charge in [0.15, 0.2) is 0 Å². The smallest absolute Gasteiger partial charge is 0.119 e. The molecule has 1 aromatic rings. The standard InChI is InChI=1S/C13H16BrClO2/c14-11-1-3-12(4-2-11)17-8-6-13(9-15)5-7-16-10-13/h1-4H,5-10H2. The topological polar surface area (TPSA) is 18.5 Å². The van der Waals surface area contributed by atoms with Crippen molar-refractivity contribution >= 4 is 27.5 Å². The SMILES string of the molecule is ClCC1(CCOc2ccc(Br)cc2)CCOC1. The first-order valence-electron chi connectivity index (χ1n) is 5.76. The highest BCUT2D eigenvalue weighted by molar-refractivity contribution is 9.10. The molecule has 2 rings (SSSR count). The summed E-state index contributed by atoms with van der Waals surface area (Å²) in [5.74, 6) is 1.55. The van der Waals surface area contributed by atoms with Gasteiger partial charge in [0.05, 0.1) is 13.2 Å². The predicted octanol–water partition coefficient (Wildman–Crippen LogP) is 3.86. The van der Waals surface area contributed by atoms with Crippen molar-refractivity contribution in [3.05, 3.63) is 28.7 Å². The maximum Gasteiger partial charge on any atom is 0.119 e. The minimum absolute atomic E-state index is 0.122. The number of rotatable bonds is 5. The molecule has 0 amide bonds. The van der Waals surface area contributed by atoms with E-state index in [-0.39, 0.29) is 5.41 Å². The molecule has 0 bridgehead atoms. The van der Waals surface area contributed by atoms with Crippen LogP contribution in [-0.4, -0.2) is 25.7 Å². The molecule has 17 heavy (non-hydrogen) atoms. The highest BCUT2D eigenvalue weighted by Gasteiger charge is 2.33. The molecule has 1 atom stereocenters. The Kier molecular flexibility index (Phi) is 4.71. The molecule has 4 heteroatoms. The van der Waals surface area contributed by atoms with Gasteiger partial charge in [-0.2, -0.15) is 0 Å². The normalized spacial score (nSPS) is 23.9. The maximum atomic E-state index is 6.03. The summed E-state index contributed by atoms with van der Waals surface area (Å²) in [5, 5.41) is 0. The molecule has 0 N–H and O–H groups in total. The minimum atomic E-state index is 0.122. The highest BCUT2D eigenvalue weighted by atomic mass is 79.9. The molecular formula is C13H16BrClO2. The Hall–Kier alpha value is -0.250. The number of hydrogen-bond donors (Lipinski definition) is 0. The molecule has 94 valence electrons. The summed E-state index contributed by atoms with van der Waals surface area (Å²) >= 11 is 9.42. The van der Waals surface area contributed by atoms with Gasteiger partial charge in [0.1, 0.15) is 5.75 Å². The van der Waals surface area contributed by atoms with E-state index in [0.29, 0.717) is 12.5 Å². The molecule has 1 aliphatic heterocycles. The zero-order chi connectivity index (χ0) is 12.1. The van der Waals surface area contributed by atoms with E-state index in [0.717, 1.165) is 36.3 Å². The fraction of sp³-hybridized carbons (Fsp3) is 0.538. The van der Waals surface area contributed by atoms with Crippen LogP contribution in [0.15, 0.2) is 28.7 Å². The van der Waals surface area contributed by atoms with Gasteiger partial charge in [-0.25, -0.2) is 0 Å². The van der Waals surface area contributed by atoms with Crippen LogP contribution in [0.25, 0.3) is 0 Å². The van der Waals surface area contributed by atoms with Crippen molar-refractivity contribution in [2.45, 2.75) is 12.8 Å². The van der Waals surface area contributed by atoms with Crippen LogP contribution in [0.1, 0.15) is 12.8 Å². The largest absolute Gasteiger partial charge is 0.494 e. The van der Waals surface area contributed by atoms with Crippen molar-refractivity contribution in [1.29, 1.82) is 0 Å². The molecule has 1 fully saturated rings. The fourth-order valence-corrected chi connectivity index (χ4v) is 2.54. The fourth-order valence-electron chi connectivity index (χ4n) is 1.94. The van der Waals surface area contributed by atoms with E-state index < -0.39 is 0 Å². The molecule has 1 saturated heterocycles. The number of hydrogen-bond acceptors (Lipinski definition) is 2. The first-order chi connectivity index (χ1) is 8.24. The van der Waals surface area contributed by atoms with Crippen molar-refractivity contribution < 1.29 is 9.47 Å². The molecule has 2 nitrogen and oxygen atoms in total. The molecule has 1 unspecified atom stereocenters. The van der Waals surface area contributed by atoms with Crippen molar-refractivity contribution in [2.75, 3.05) is 25.7 Å². The summed E-state index contributed by atoms with van der Waals surface area (Å²) in [6.07, 6.45) is 1.99. The third-order valence-electron chi connectivity index (χ3n) is 3.18. The van der Waals surface area contributed by atoms with Gasteiger partial charge < -0.3 is 9.47 Å². The van der Waals surface area contributed by atoms with E-state index in [9.17, 15) is 0 Å². The quantitative estimate of drug-likeness (QED) is 0.767. The lowest BCUT2D eigenvalue weighted by Crippen LogP contribution is -2.25. The first kappa shape index (κ1) is 13.2. The number of benzene rings is 1. The van der Waals surface area contributed by atoms with Gasteiger partial charge in [-0.3, -0.25) is 0 Å². The summed E-state index contributed by atoms with van der Waals surface area (Å²) in [6, 6.07) is 7.88. The van der Waals surface area contributed by atoms with Crippen LogP contribution in [0.3, 0.4) is 0 Å². The molecule has 1 aromatic carbocycles. The zero-order valence-electron chi connectivity index (χ0n) is 9.62. The van der Waals surface area contributed by atoms with Gasteiger partial charge in [-0.05, 0) is 37.1 Å². The average Bonchev–Trinajstić information content (AvgIpc) is 2.81. The maximum absolute atomic E-state index is 6.03. The van der Waals surface area contributed by atoms with Crippen molar-refractivity contribution in [3.63, 3.8) is 0 Å². The van der Waals surface area contributed by atoms with E-state index in [1.165, 1.54) is 0 Å². The number of halogens is 2. The Morgan fingerprint density at radius 3 is 2.71 bits per heavy atom. The van der Waals surface area contributed by atoms with E-state index in [1.54, 1.807) is 0 Å². The summed E-state index contributed by atoms with van der Waals surface area (Å²) < 4.78 is 12.2. The Bertz CT molecular complexity index is 347. The molecule has 0 spiro atoms. The molecule has 0 saturated carbocycles. The second-order valence-corrected chi connectivity index (χ2v) is 5.67. The van der Waals surface area contributed by atoms with E-state index in [1.807, 2.05) is 24.3 Å². The summed E-state index contributed by atoms with van der Waals surface area (Å²) in [4.78, 5) is 0. The van der Waals surface area contributed by atoms with Crippen molar-refractivity contribution in [1.82, 2.24) is 0 Å². The van der Waals surface area contributed by atoms with Gasteiger partial charge in [-0.15, -0.1) is 11.6 Å². The summed E-state index contributed by atoms with van der Waals surface area (Å²) in [5.41, 5.74) is 0.122. The van der Waals surface area contributed by atoms with Gasteiger partial charge >= 0.3 is 0 Å². The van der Waals surface area contributed by atoms with Crippen LogP contribution in [-0.2, 0) is 4.74 Å². The van der Waals surface area contributed by atoms with Crippen LogP contribution in [0.5, 0.6) is 5.75 Å². The number of ether oxygens (including phenoxy) is 2. The summed E-state index contributed by atoms with van der Waals surface area (Å²) in [6.45, 7) is 2.28. The lowest BCUT2D eigenvalue weighted by molar-refractivity contribution is 0.143. The van der Waals surface area contributed by atoms with E-state index in [4.69, 9.17) is 21.1 Å². The lowest BCUT2D eigenvalue weighted by atomic mass is 9.86. The molecule has 1 aliphatic rings. The summed E-state index contributed by atoms with van der Waals surface area (Å²) in [7, 11) is 0. The Morgan fingerprint density at radius 2 is 2.12 bits per heavy atom. The van der Waals surface area contributed by atoms with Crippen molar-refractivity contribution in [3.8, 4) is 5.75 Å². The zero-order valence-corrected chi connectivity index (χ0v) is 12.0. The van der Waals surface area contributed by atoms with Crippen LogP contribution >= 0.6 is 27.5 Å². The van der Waals surface area contributed by atoms with E-state index in [2.05, 4.69) is 15.9 Å². The monoisotopic (exact) mass is 318 g/mol. The van der Waals surface area contributed by atoms with Crippen LogP contribution < -0.4 is 4.74 Å². The predicted molar refractivity (Wildman–Crippen MR) is 72.8 cm³/mol. The van der Waals surface area contributed by atoms with Crippen LogP contribution in [0.2, 0.25) is 0 Å². The van der Waals surface area contributed by atoms with Gasteiger partial charge in [-0.1, -0.05) is 15.9 Å². The minimum Gasteiger partial charge on any atom is -0.494 e. The van der Waals surface area contributed by atoms with Gasteiger partial charge in [0, 0.05) is 22.4 Å². The third-order valence-corrected chi connectivity index (χ3v) is 4.28. The van der Waals surface area contributed by atoms with Crippen LogP contribution in [0, 0.1) is 5.41 Å². The van der Waals surface area contributed by atoms with Crippen LogP contribution in [0.4, 0.5) is 0 Å². The van der Waals surface area contributed by atoms with E-state index >= 15 is 0 Å². The first-order valence-corrected chi connectivity index (χ1v) is 7.09. The Morgan fingerprint density at radius 1 is 1.35 bits per heavy atom. The van der Waals surface area contributed by atoms with Crippen molar-refractivity contribution in [2.24, 2.45) is 5.41 Å². The lowest BCUT2D eigenvalue weighted by Gasteiger charge is -2.24. The molecule has 0 radical (unpaired) electrons. The molecule has 0 aliphatic carbocycles. The Labute approximate surface area is 115 Å². The second-order valence-electron chi connectivity index (χ2n) is 4.49. The Balaban J connectivity index is 1.80. The molecular weight excluding hydrogens is 303 g/mol. The molecule has 0 aromatic heterocycles. The van der Waals surface area contributed by atoms with Gasteiger partial charge in [0.25, 0.3) is 0 Å². The van der Waals surface area contributed by atoms with Gasteiger partial charge in [0.2, 0.25) is 0 Å². The average molecular weight is 320 g/mol. The third kappa shape index (κ3) is 3.60. The molecule has 1 heterocycles. The highest BCUT2D eigenvalue weighted by Crippen LogP contribution is 2.33.